The average molecular weight is 426 g/mol. The Balaban J connectivity index is 1.75. The summed E-state index contributed by atoms with van der Waals surface area (Å²) in [6.45, 7) is 8.10. The summed E-state index contributed by atoms with van der Waals surface area (Å²) in [6.07, 6.45) is 2.05. The zero-order valence-electron chi connectivity index (χ0n) is 19.0. The second-order valence-corrected chi connectivity index (χ2v) is 8.84. The minimum atomic E-state index is -0.156. The molecule has 0 fully saturated rings. The normalized spacial score (nSPS) is 11.7. The van der Waals surface area contributed by atoms with Gasteiger partial charge in [0.15, 0.2) is 11.8 Å². The van der Waals surface area contributed by atoms with Crippen LogP contribution in [0.3, 0.4) is 0 Å². The summed E-state index contributed by atoms with van der Waals surface area (Å²) in [5, 5.41) is 2.08. The molecule has 0 saturated heterocycles. The van der Waals surface area contributed by atoms with Crippen molar-refractivity contribution in [3.8, 4) is 22.4 Å². The van der Waals surface area contributed by atoms with Crippen LogP contribution >= 0.6 is 0 Å². The van der Waals surface area contributed by atoms with Crippen molar-refractivity contribution in [3.05, 3.63) is 83.4 Å². The molecule has 0 aliphatic heterocycles. The topological polar surface area (TPSA) is 29.9 Å². The molecule has 3 nitrogen and oxygen atoms in total. The highest BCUT2D eigenvalue weighted by molar-refractivity contribution is 6.08. The molecule has 0 saturated carbocycles. The number of benzene rings is 2. The van der Waals surface area contributed by atoms with Crippen LogP contribution in [0.25, 0.3) is 44.5 Å². The summed E-state index contributed by atoms with van der Waals surface area (Å²) in [5.41, 5.74) is 8.42. The highest BCUT2D eigenvalue weighted by atomic mass is 19.1. The van der Waals surface area contributed by atoms with Crippen molar-refractivity contribution < 1.29 is 13.4 Å². The summed E-state index contributed by atoms with van der Waals surface area (Å²) < 4.78 is 22.7. The number of aryl methyl sites for hydroxylation is 3. The molecule has 3 aromatic heterocycles. The van der Waals surface area contributed by atoms with E-state index in [0.29, 0.717) is 5.71 Å². The number of nitrogens with zero attached hydrogens (tertiary/aromatic N) is 2. The highest BCUT2D eigenvalue weighted by Crippen LogP contribution is 2.37. The lowest BCUT2D eigenvalue weighted by atomic mass is 9.95. The van der Waals surface area contributed by atoms with Crippen molar-refractivity contribution in [2.24, 2.45) is 7.05 Å². The number of aromatic nitrogens is 2. The molecule has 2 aromatic carbocycles. The summed E-state index contributed by atoms with van der Waals surface area (Å²) in [6, 6.07) is 17.9. The van der Waals surface area contributed by atoms with Crippen LogP contribution in [0.2, 0.25) is 0 Å². The van der Waals surface area contributed by atoms with Gasteiger partial charge in [-0.2, -0.15) is 0 Å². The van der Waals surface area contributed by atoms with Gasteiger partial charge in [-0.3, -0.25) is 0 Å². The van der Waals surface area contributed by atoms with Crippen LogP contribution in [-0.4, -0.2) is 4.98 Å². The van der Waals surface area contributed by atoms with Gasteiger partial charge in [-0.05, 0) is 66.3 Å². The second-order valence-electron chi connectivity index (χ2n) is 8.84. The van der Waals surface area contributed by atoms with Gasteiger partial charge in [-0.15, -0.1) is 0 Å². The lowest BCUT2D eigenvalue weighted by Gasteiger charge is -2.11. The zero-order chi connectivity index (χ0) is 22.6. The van der Waals surface area contributed by atoms with Crippen LogP contribution in [0.4, 0.5) is 4.39 Å². The maximum absolute atomic E-state index is 14.3. The number of furan rings is 1. The van der Waals surface area contributed by atoms with E-state index in [0.717, 1.165) is 55.6 Å². The molecule has 5 aromatic rings. The van der Waals surface area contributed by atoms with E-state index in [2.05, 4.69) is 46.8 Å². The van der Waals surface area contributed by atoms with E-state index in [-0.39, 0.29) is 11.7 Å². The van der Waals surface area contributed by atoms with Gasteiger partial charge in [0, 0.05) is 28.6 Å². The highest BCUT2D eigenvalue weighted by Gasteiger charge is 2.22. The first-order valence-corrected chi connectivity index (χ1v) is 10.9. The van der Waals surface area contributed by atoms with E-state index in [4.69, 9.17) is 4.42 Å². The first-order valence-electron chi connectivity index (χ1n) is 10.9. The van der Waals surface area contributed by atoms with Crippen LogP contribution in [0.15, 0.2) is 65.2 Å². The van der Waals surface area contributed by atoms with Gasteiger partial charge < -0.3 is 4.42 Å². The third kappa shape index (κ3) is 3.27. The molecule has 0 amide bonds. The van der Waals surface area contributed by atoms with Gasteiger partial charge in [0.2, 0.25) is 11.4 Å². The van der Waals surface area contributed by atoms with Crippen molar-refractivity contribution in [3.63, 3.8) is 0 Å². The maximum Gasteiger partial charge on any atom is 0.227 e. The van der Waals surface area contributed by atoms with Crippen LogP contribution in [0.5, 0.6) is 0 Å². The number of halogens is 1. The molecule has 32 heavy (non-hydrogen) atoms. The fourth-order valence-electron chi connectivity index (χ4n) is 4.39. The van der Waals surface area contributed by atoms with E-state index in [9.17, 15) is 4.39 Å². The lowest BCUT2D eigenvalue weighted by molar-refractivity contribution is -0.660. The molecule has 0 bridgehead atoms. The van der Waals surface area contributed by atoms with E-state index in [1.54, 1.807) is 6.07 Å². The van der Waals surface area contributed by atoms with Gasteiger partial charge in [0.25, 0.3) is 0 Å². The minimum Gasteiger partial charge on any atom is -0.437 e. The molecule has 0 aliphatic rings. The Labute approximate surface area is 187 Å². The third-order valence-corrected chi connectivity index (χ3v) is 6.21. The molecule has 4 heteroatoms. The molecule has 0 radical (unpaired) electrons. The number of pyridine rings is 2. The molecular weight excluding hydrogens is 399 g/mol. The first-order chi connectivity index (χ1) is 15.3. The van der Waals surface area contributed by atoms with E-state index in [1.165, 1.54) is 0 Å². The van der Waals surface area contributed by atoms with Gasteiger partial charge in [0.1, 0.15) is 12.9 Å². The Morgan fingerprint density at radius 3 is 2.44 bits per heavy atom. The van der Waals surface area contributed by atoms with Crippen molar-refractivity contribution in [1.82, 2.24) is 4.98 Å². The predicted molar refractivity (Wildman–Crippen MR) is 127 cm³/mol. The number of rotatable bonds is 3. The summed E-state index contributed by atoms with van der Waals surface area (Å²) in [7, 11) is 2.03. The van der Waals surface area contributed by atoms with Gasteiger partial charge in [0.05, 0.1) is 5.56 Å². The molecule has 0 N–H and O–H groups in total. The predicted octanol–water partition coefficient (Wildman–Crippen LogP) is 7.02. The van der Waals surface area contributed by atoms with E-state index < -0.39 is 0 Å². The second kappa shape index (κ2) is 7.56. The zero-order valence-corrected chi connectivity index (χ0v) is 19.0. The van der Waals surface area contributed by atoms with Crippen LogP contribution in [0.1, 0.15) is 36.6 Å². The Kier molecular flexibility index (Phi) is 4.81. The van der Waals surface area contributed by atoms with E-state index in [1.807, 2.05) is 52.2 Å². The molecule has 5 rings (SSSR count). The minimum absolute atomic E-state index is 0.122. The largest absolute Gasteiger partial charge is 0.437 e. The quantitative estimate of drug-likeness (QED) is 0.291. The van der Waals surface area contributed by atoms with Crippen molar-refractivity contribution in [1.29, 1.82) is 0 Å². The van der Waals surface area contributed by atoms with Crippen LogP contribution in [0, 0.1) is 19.7 Å². The molecule has 160 valence electrons. The fraction of sp³-hybridized carbons (Fsp3) is 0.214. The monoisotopic (exact) mass is 425 g/mol. The smallest absolute Gasteiger partial charge is 0.227 e. The lowest BCUT2D eigenvalue weighted by Crippen LogP contribution is -2.30. The molecule has 0 atom stereocenters. The molecule has 0 aliphatic carbocycles. The summed E-state index contributed by atoms with van der Waals surface area (Å²) in [4.78, 5) is 4.59. The fourth-order valence-corrected chi connectivity index (χ4v) is 4.39. The Morgan fingerprint density at radius 1 is 0.906 bits per heavy atom. The molecule has 0 unspecified atom stereocenters. The maximum atomic E-state index is 14.3. The Bertz CT molecular complexity index is 1500. The average Bonchev–Trinajstić information content (AvgIpc) is 3.12. The SMILES string of the molecule is Cc1ccc2c(n1)oc1c(-c3cc(-c4ccc(F)c(C(C)C)c4)cc[n+]3C)c(C)ccc12. The van der Waals surface area contributed by atoms with Crippen LogP contribution < -0.4 is 4.57 Å². The number of hydrogen-bond acceptors (Lipinski definition) is 2. The van der Waals surface area contributed by atoms with Gasteiger partial charge >= 0.3 is 0 Å². The molecule has 3 heterocycles. The first kappa shape index (κ1) is 20.4. The Morgan fingerprint density at radius 2 is 1.66 bits per heavy atom. The standard InChI is InChI=1S/C28H26FN2O/c1-16(2)23-14-19(8-11-24(23)29)20-12-13-31(5)25(15-20)26-17(3)6-9-21-22-10-7-18(4)30-28(22)32-27(21)26/h6-16H,1-5H3/q+1. The van der Waals surface area contributed by atoms with E-state index >= 15 is 0 Å². The van der Waals surface area contributed by atoms with Crippen molar-refractivity contribution in [2.45, 2.75) is 33.6 Å². The number of fused-ring (bicyclic) bond motifs is 3. The third-order valence-electron chi connectivity index (χ3n) is 6.21. The molecular formula is C28H26FN2O+. The number of hydrogen-bond donors (Lipinski definition) is 0. The Hall–Kier alpha value is -3.53. The van der Waals surface area contributed by atoms with Gasteiger partial charge in [-0.1, -0.05) is 32.0 Å². The van der Waals surface area contributed by atoms with Crippen molar-refractivity contribution >= 4 is 22.1 Å². The summed E-state index contributed by atoms with van der Waals surface area (Å²) in [5.74, 6) is -0.0344. The van der Waals surface area contributed by atoms with Crippen LogP contribution in [-0.2, 0) is 7.05 Å². The summed E-state index contributed by atoms with van der Waals surface area (Å²) >= 11 is 0. The molecule has 0 spiro atoms. The van der Waals surface area contributed by atoms with Gasteiger partial charge in [-0.25, -0.2) is 13.9 Å². The van der Waals surface area contributed by atoms with Crippen molar-refractivity contribution in [2.75, 3.05) is 0 Å².